The number of alkyl halides is 3. The van der Waals surface area contributed by atoms with E-state index in [0.29, 0.717) is 12.1 Å². The molecule has 1 aliphatic heterocycles. The highest BCUT2D eigenvalue weighted by atomic mass is 19.4. The first kappa shape index (κ1) is 25.5. The molecule has 2 heterocycles. The van der Waals surface area contributed by atoms with Gasteiger partial charge in [0.15, 0.2) is 17.5 Å². The summed E-state index contributed by atoms with van der Waals surface area (Å²) in [7, 11) is 0. The van der Waals surface area contributed by atoms with Crippen LogP contribution >= 0.6 is 0 Å². The molecule has 0 radical (unpaired) electrons. The molecule has 0 fully saturated rings. The van der Waals surface area contributed by atoms with Crippen LogP contribution in [0.25, 0.3) is 0 Å². The smallest absolute Gasteiger partial charge is 0.352 e. The average molecular weight is 491 g/mol. The normalized spacial score (nSPS) is 15.1. The van der Waals surface area contributed by atoms with E-state index in [-0.39, 0.29) is 43.9 Å². The summed E-state index contributed by atoms with van der Waals surface area (Å²) in [5.74, 6) is -5.88. The Labute approximate surface area is 191 Å². The molecular formula is C21H23F6N5O2. The van der Waals surface area contributed by atoms with Crippen molar-refractivity contribution in [2.45, 2.75) is 58.9 Å². The standard InChI is InChI=1S/C21H23F6N5O2/c1-20(2,3)19(34)28-12(6-11-7-14(23)15(24)9-13(11)22)8-17(33)31-4-5-32-16(10-31)29-30-18(32)21(25,26)27/h7,9,12H,4-6,8,10H2,1-3H3,(H,28,34)/t12-/m1/s1. The molecule has 13 heteroatoms. The molecule has 3 rings (SSSR count). The van der Waals surface area contributed by atoms with Crippen molar-refractivity contribution in [2.24, 2.45) is 5.41 Å². The van der Waals surface area contributed by atoms with Crippen LogP contribution in [0.5, 0.6) is 0 Å². The number of carbonyl (C=O) groups is 2. The van der Waals surface area contributed by atoms with Gasteiger partial charge in [0.1, 0.15) is 5.82 Å². The Morgan fingerprint density at radius 3 is 2.29 bits per heavy atom. The molecule has 1 N–H and O–H groups in total. The zero-order valence-electron chi connectivity index (χ0n) is 18.6. The molecule has 1 aromatic carbocycles. The number of amides is 2. The van der Waals surface area contributed by atoms with Crippen LogP contribution in [0.4, 0.5) is 26.3 Å². The van der Waals surface area contributed by atoms with Gasteiger partial charge in [0.25, 0.3) is 0 Å². The quantitative estimate of drug-likeness (QED) is 0.515. The maximum Gasteiger partial charge on any atom is 0.451 e. The summed E-state index contributed by atoms with van der Waals surface area (Å²) in [5.41, 5.74) is -1.09. The number of hydrogen-bond donors (Lipinski definition) is 1. The minimum absolute atomic E-state index is 0.0474. The number of benzene rings is 1. The van der Waals surface area contributed by atoms with E-state index in [1.54, 1.807) is 20.8 Å². The van der Waals surface area contributed by atoms with Gasteiger partial charge < -0.3 is 14.8 Å². The molecule has 2 amide bonds. The van der Waals surface area contributed by atoms with Gasteiger partial charge in [0.05, 0.1) is 6.54 Å². The summed E-state index contributed by atoms with van der Waals surface area (Å²) in [6.07, 6.45) is -5.34. The number of nitrogens with zero attached hydrogens (tertiary/aromatic N) is 4. The fourth-order valence-electron chi connectivity index (χ4n) is 3.48. The number of carbonyl (C=O) groups excluding carboxylic acids is 2. The van der Waals surface area contributed by atoms with Gasteiger partial charge in [-0.05, 0) is 18.1 Å². The second-order valence-corrected chi connectivity index (χ2v) is 9.09. The third-order valence-electron chi connectivity index (χ3n) is 5.35. The van der Waals surface area contributed by atoms with Crippen LogP contribution in [-0.4, -0.2) is 44.1 Å². The Morgan fingerprint density at radius 2 is 1.68 bits per heavy atom. The first-order valence-electron chi connectivity index (χ1n) is 10.4. The van der Waals surface area contributed by atoms with Crippen LogP contribution in [0.1, 0.15) is 44.4 Å². The first-order valence-corrected chi connectivity index (χ1v) is 10.4. The van der Waals surface area contributed by atoms with Crippen molar-refractivity contribution >= 4 is 11.8 Å². The predicted octanol–water partition coefficient (Wildman–Crippen LogP) is 3.22. The molecule has 34 heavy (non-hydrogen) atoms. The molecule has 186 valence electrons. The number of hydrogen-bond acceptors (Lipinski definition) is 4. The molecule has 2 aromatic rings. The molecular weight excluding hydrogens is 468 g/mol. The Hall–Kier alpha value is -3.12. The highest BCUT2D eigenvalue weighted by Crippen LogP contribution is 2.29. The van der Waals surface area contributed by atoms with E-state index < -0.39 is 52.7 Å². The zero-order chi connectivity index (χ0) is 25.4. The summed E-state index contributed by atoms with van der Waals surface area (Å²) in [4.78, 5) is 26.7. The van der Waals surface area contributed by atoms with Gasteiger partial charge in [-0.15, -0.1) is 10.2 Å². The van der Waals surface area contributed by atoms with Gasteiger partial charge in [-0.2, -0.15) is 13.2 Å². The lowest BCUT2D eigenvalue weighted by molar-refractivity contribution is -0.148. The topological polar surface area (TPSA) is 80.1 Å². The highest BCUT2D eigenvalue weighted by Gasteiger charge is 2.40. The van der Waals surface area contributed by atoms with Crippen molar-refractivity contribution in [3.05, 3.63) is 46.8 Å². The third-order valence-corrected chi connectivity index (χ3v) is 5.35. The van der Waals surface area contributed by atoms with Gasteiger partial charge in [-0.3, -0.25) is 9.59 Å². The average Bonchev–Trinajstić information content (AvgIpc) is 3.14. The molecule has 1 atom stereocenters. The number of nitrogens with one attached hydrogen (secondary N) is 1. The minimum atomic E-state index is -4.69. The minimum Gasteiger partial charge on any atom is -0.352 e. The third kappa shape index (κ3) is 5.68. The lowest BCUT2D eigenvalue weighted by atomic mass is 9.93. The van der Waals surface area contributed by atoms with Gasteiger partial charge in [0.2, 0.25) is 17.6 Å². The van der Waals surface area contributed by atoms with Crippen molar-refractivity contribution in [1.29, 1.82) is 0 Å². The van der Waals surface area contributed by atoms with E-state index in [2.05, 4.69) is 15.5 Å². The Morgan fingerprint density at radius 1 is 1.03 bits per heavy atom. The lowest BCUT2D eigenvalue weighted by Crippen LogP contribution is -2.47. The molecule has 0 saturated carbocycles. The van der Waals surface area contributed by atoms with Crippen LogP contribution < -0.4 is 5.32 Å². The summed E-state index contributed by atoms with van der Waals surface area (Å²) < 4.78 is 81.1. The van der Waals surface area contributed by atoms with Crippen molar-refractivity contribution in [3.8, 4) is 0 Å². The Balaban J connectivity index is 1.78. The lowest BCUT2D eigenvalue weighted by Gasteiger charge is -2.30. The second kappa shape index (κ2) is 9.26. The van der Waals surface area contributed by atoms with Gasteiger partial charge in [-0.25, -0.2) is 13.2 Å². The molecule has 1 aliphatic rings. The van der Waals surface area contributed by atoms with Gasteiger partial charge >= 0.3 is 6.18 Å². The maximum absolute atomic E-state index is 14.2. The van der Waals surface area contributed by atoms with E-state index in [1.807, 2.05) is 0 Å². The summed E-state index contributed by atoms with van der Waals surface area (Å²) in [5, 5.41) is 9.30. The fraction of sp³-hybridized carbons (Fsp3) is 0.524. The molecule has 1 aromatic heterocycles. The predicted molar refractivity (Wildman–Crippen MR) is 106 cm³/mol. The summed E-state index contributed by atoms with van der Waals surface area (Å²) in [6.45, 7) is 4.38. The van der Waals surface area contributed by atoms with Crippen molar-refractivity contribution in [1.82, 2.24) is 25.0 Å². The van der Waals surface area contributed by atoms with E-state index in [1.165, 1.54) is 4.90 Å². The summed E-state index contributed by atoms with van der Waals surface area (Å²) in [6, 6.07) is 0.0576. The number of fused-ring (bicyclic) bond motifs is 1. The van der Waals surface area contributed by atoms with Crippen LogP contribution in [0.3, 0.4) is 0 Å². The monoisotopic (exact) mass is 491 g/mol. The van der Waals surface area contributed by atoms with E-state index in [4.69, 9.17) is 0 Å². The van der Waals surface area contributed by atoms with Gasteiger partial charge in [0, 0.05) is 37.0 Å². The Bertz CT molecular complexity index is 1090. The van der Waals surface area contributed by atoms with Crippen molar-refractivity contribution in [3.63, 3.8) is 0 Å². The summed E-state index contributed by atoms with van der Waals surface area (Å²) >= 11 is 0. The number of halogens is 6. The molecule has 0 bridgehead atoms. The number of rotatable bonds is 5. The molecule has 0 spiro atoms. The fourth-order valence-corrected chi connectivity index (χ4v) is 3.48. The zero-order valence-corrected chi connectivity index (χ0v) is 18.6. The second-order valence-electron chi connectivity index (χ2n) is 9.09. The van der Waals surface area contributed by atoms with Crippen LogP contribution in [0, 0.1) is 22.9 Å². The molecule has 7 nitrogen and oxygen atoms in total. The van der Waals surface area contributed by atoms with Crippen LogP contribution in [0.2, 0.25) is 0 Å². The highest BCUT2D eigenvalue weighted by molar-refractivity contribution is 5.83. The SMILES string of the molecule is CC(C)(C)C(=O)N[C@@H](CC(=O)N1CCn2c(nnc2C(F)(F)F)C1)Cc1cc(F)c(F)cc1F. The van der Waals surface area contributed by atoms with Crippen molar-refractivity contribution < 1.29 is 35.9 Å². The maximum atomic E-state index is 14.2. The molecule has 0 aliphatic carbocycles. The van der Waals surface area contributed by atoms with Crippen molar-refractivity contribution in [2.75, 3.05) is 6.54 Å². The first-order chi connectivity index (χ1) is 15.7. The van der Waals surface area contributed by atoms with E-state index in [9.17, 15) is 35.9 Å². The van der Waals surface area contributed by atoms with Crippen LogP contribution in [0.15, 0.2) is 12.1 Å². The number of aromatic nitrogens is 3. The van der Waals surface area contributed by atoms with Gasteiger partial charge in [-0.1, -0.05) is 20.8 Å². The molecule has 0 unspecified atom stereocenters. The molecule has 0 saturated heterocycles. The van der Waals surface area contributed by atoms with E-state index >= 15 is 0 Å². The van der Waals surface area contributed by atoms with Crippen LogP contribution in [-0.2, 0) is 35.3 Å². The largest absolute Gasteiger partial charge is 0.451 e. The van der Waals surface area contributed by atoms with E-state index in [0.717, 1.165) is 4.57 Å². The Kier molecular flexibility index (Phi) is 6.94.